The molecule has 1 aromatic rings. The van der Waals surface area contributed by atoms with Gasteiger partial charge in [0.05, 0.1) is 0 Å². The Morgan fingerprint density at radius 2 is 1.93 bits per heavy atom. The van der Waals surface area contributed by atoms with Crippen molar-refractivity contribution in [3.63, 3.8) is 0 Å². The van der Waals surface area contributed by atoms with Gasteiger partial charge < -0.3 is 0 Å². The highest BCUT2D eigenvalue weighted by atomic mass is 15.1. The molecule has 0 N–H and O–H groups in total. The summed E-state index contributed by atoms with van der Waals surface area (Å²) < 4.78 is 0. The van der Waals surface area contributed by atoms with Crippen LogP contribution in [0.25, 0.3) is 0 Å². The lowest BCUT2D eigenvalue weighted by Gasteiger charge is -2.30. The zero-order chi connectivity index (χ0) is 9.80. The highest BCUT2D eigenvalue weighted by Gasteiger charge is 2.14. The molecule has 0 radical (unpaired) electrons. The van der Waals surface area contributed by atoms with Crippen LogP contribution in [0.2, 0.25) is 0 Å². The van der Waals surface area contributed by atoms with E-state index in [4.69, 9.17) is 0 Å². The predicted octanol–water partition coefficient (Wildman–Crippen LogP) is 3.01. The number of hydrogen-bond donors (Lipinski definition) is 0. The summed E-state index contributed by atoms with van der Waals surface area (Å²) >= 11 is 0. The first-order valence-corrected chi connectivity index (χ1v) is 5.32. The van der Waals surface area contributed by atoms with Crippen LogP contribution in [0.1, 0.15) is 24.9 Å². The van der Waals surface area contributed by atoms with E-state index in [1.165, 1.54) is 18.5 Å². The first-order chi connectivity index (χ1) is 6.88. The molecule has 1 heteroatoms. The maximum Gasteiger partial charge on any atom is 0.0323 e. The Balaban J connectivity index is 2.08. The van der Waals surface area contributed by atoms with Crippen molar-refractivity contribution >= 4 is 0 Å². The third-order valence-corrected chi connectivity index (χ3v) is 2.92. The smallest absolute Gasteiger partial charge is 0.0323 e. The van der Waals surface area contributed by atoms with Crippen molar-refractivity contribution < 1.29 is 0 Å². The number of rotatable bonds is 2. The SMILES string of the molecule is C[C@H](c1ccccc1)N1CC=CCC1. The van der Waals surface area contributed by atoms with Gasteiger partial charge >= 0.3 is 0 Å². The molecule has 0 amide bonds. The van der Waals surface area contributed by atoms with Crippen molar-refractivity contribution in [3.8, 4) is 0 Å². The topological polar surface area (TPSA) is 3.24 Å². The molecule has 74 valence electrons. The molecule has 1 aliphatic heterocycles. The highest BCUT2D eigenvalue weighted by Crippen LogP contribution is 2.21. The molecule has 1 aromatic carbocycles. The fraction of sp³-hybridized carbons (Fsp3) is 0.385. The Labute approximate surface area is 86.1 Å². The summed E-state index contributed by atoms with van der Waals surface area (Å²) in [6.07, 6.45) is 5.73. The van der Waals surface area contributed by atoms with Crippen molar-refractivity contribution in [3.05, 3.63) is 48.0 Å². The van der Waals surface area contributed by atoms with E-state index >= 15 is 0 Å². The number of nitrogens with zero attached hydrogens (tertiary/aromatic N) is 1. The van der Waals surface area contributed by atoms with Crippen LogP contribution in [0.4, 0.5) is 0 Å². The Bertz CT molecular complexity index is 302. The lowest BCUT2D eigenvalue weighted by Crippen LogP contribution is -2.30. The molecule has 1 atom stereocenters. The van der Waals surface area contributed by atoms with Gasteiger partial charge in [0.15, 0.2) is 0 Å². The van der Waals surface area contributed by atoms with Crippen LogP contribution in [-0.4, -0.2) is 18.0 Å². The van der Waals surface area contributed by atoms with Crippen molar-refractivity contribution in [2.24, 2.45) is 0 Å². The van der Waals surface area contributed by atoms with Gasteiger partial charge in [-0.15, -0.1) is 0 Å². The molecule has 1 aliphatic rings. The molecule has 0 saturated carbocycles. The second-order valence-corrected chi connectivity index (χ2v) is 3.84. The molecule has 2 rings (SSSR count). The van der Waals surface area contributed by atoms with Crippen LogP contribution in [0.5, 0.6) is 0 Å². The van der Waals surface area contributed by atoms with Gasteiger partial charge in [0.2, 0.25) is 0 Å². The fourth-order valence-electron chi connectivity index (χ4n) is 1.95. The molecule has 0 spiro atoms. The monoisotopic (exact) mass is 187 g/mol. The molecule has 0 saturated heterocycles. The van der Waals surface area contributed by atoms with Gasteiger partial charge in [-0.25, -0.2) is 0 Å². The van der Waals surface area contributed by atoms with Crippen molar-refractivity contribution in [2.45, 2.75) is 19.4 Å². The quantitative estimate of drug-likeness (QED) is 0.643. The summed E-state index contributed by atoms with van der Waals surface area (Å²) in [7, 11) is 0. The van der Waals surface area contributed by atoms with Gasteiger partial charge in [-0.05, 0) is 18.9 Å². The maximum atomic E-state index is 2.51. The molecule has 0 aromatic heterocycles. The van der Waals surface area contributed by atoms with Gasteiger partial charge in [-0.3, -0.25) is 4.90 Å². The summed E-state index contributed by atoms with van der Waals surface area (Å²) in [6.45, 7) is 4.57. The van der Waals surface area contributed by atoms with Crippen molar-refractivity contribution in [2.75, 3.05) is 13.1 Å². The summed E-state index contributed by atoms with van der Waals surface area (Å²) in [4.78, 5) is 2.51. The minimum atomic E-state index is 0.543. The molecule has 0 aliphatic carbocycles. The second-order valence-electron chi connectivity index (χ2n) is 3.84. The highest BCUT2D eigenvalue weighted by molar-refractivity contribution is 5.18. The molecule has 1 nitrogen and oxygen atoms in total. The summed E-state index contributed by atoms with van der Waals surface area (Å²) in [5.74, 6) is 0. The average molecular weight is 187 g/mol. The van der Waals surface area contributed by atoms with E-state index in [-0.39, 0.29) is 0 Å². The average Bonchev–Trinajstić information content (AvgIpc) is 2.30. The van der Waals surface area contributed by atoms with E-state index in [0.29, 0.717) is 6.04 Å². The molecule has 0 fully saturated rings. The van der Waals surface area contributed by atoms with Gasteiger partial charge in [0, 0.05) is 19.1 Å². The van der Waals surface area contributed by atoms with Crippen LogP contribution in [0.3, 0.4) is 0 Å². The molecule has 0 bridgehead atoms. The number of benzene rings is 1. The standard InChI is InChI=1S/C13H17N/c1-12(13-8-4-2-5-9-13)14-10-6-3-7-11-14/h2-6,8-9,12H,7,10-11H2,1H3/t12-/m1/s1. The van der Waals surface area contributed by atoms with Crippen LogP contribution >= 0.6 is 0 Å². The molecule has 14 heavy (non-hydrogen) atoms. The van der Waals surface area contributed by atoms with Crippen LogP contribution in [0.15, 0.2) is 42.5 Å². The van der Waals surface area contributed by atoms with E-state index in [9.17, 15) is 0 Å². The maximum absolute atomic E-state index is 2.51. The third kappa shape index (κ3) is 2.05. The van der Waals surface area contributed by atoms with E-state index in [0.717, 1.165) is 6.54 Å². The lowest BCUT2D eigenvalue weighted by molar-refractivity contribution is 0.231. The minimum Gasteiger partial charge on any atom is -0.293 e. The molecular formula is C13H17N. The van der Waals surface area contributed by atoms with Crippen LogP contribution in [-0.2, 0) is 0 Å². The summed E-state index contributed by atoms with van der Waals surface area (Å²) in [5, 5.41) is 0. The van der Waals surface area contributed by atoms with Gasteiger partial charge in [0.25, 0.3) is 0 Å². The fourth-order valence-corrected chi connectivity index (χ4v) is 1.95. The Morgan fingerprint density at radius 3 is 2.57 bits per heavy atom. The van der Waals surface area contributed by atoms with Crippen molar-refractivity contribution in [1.29, 1.82) is 0 Å². The van der Waals surface area contributed by atoms with Gasteiger partial charge in [0.1, 0.15) is 0 Å². The van der Waals surface area contributed by atoms with E-state index in [1.54, 1.807) is 0 Å². The number of hydrogen-bond acceptors (Lipinski definition) is 1. The normalized spacial score (nSPS) is 19.5. The summed E-state index contributed by atoms with van der Waals surface area (Å²) in [5.41, 5.74) is 1.42. The van der Waals surface area contributed by atoms with Crippen LogP contribution in [0, 0.1) is 0 Å². The van der Waals surface area contributed by atoms with Gasteiger partial charge in [-0.1, -0.05) is 42.5 Å². The second kappa shape index (κ2) is 4.43. The van der Waals surface area contributed by atoms with E-state index < -0.39 is 0 Å². The Morgan fingerprint density at radius 1 is 1.14 bits per heavy atom. The minimum absolute atomic E-state index is 0.543. The van der Waals surface area contributed by atoms with Crippen LogP contribution < -0.4 is 0 Å². The van der Waals surface area contributed by atoms with E-state index in [1.807, 2.05) is 0 Å². The first kappa shape index (κ1) is 9.47. The Kier molecular flexibility index (Phi) is 3.00. The molecule has 1 heterocycles. The van der Waals surface area contributed by atoms with Crippen molar-refractivity contribution in [1.82, 2.24) is 4.90 Å². The largest absolute Gasteiger partial charge is 0.293 e. The summed E-state index contributed by atoms with van der Waals surface area (Å²) in [6, 6.07) is 11.3. The molecular weight excluding hydrogens is 170 g/mol. The zero-order valence-electron chi connectivity index (χ0n) is 8.69. The van der Waals surface area contributed by atoms with E-state index in [2.05, 4.69) is 54.3 Å². The predicted molar refractivity (Wildman–Crippen MR) is 60.2 cm³/mol. The van der Waals surface area contributed by atoms with Gasteiger partial charge in [-0.2, -0.15) is 0 Å². The lowest BCUT2D eigenvalue weighted by atomic mass is 10.1. The first-order valence-electron chi connectivity index (χ1n) is 5.32. The third-order valence-electron chi connectivity index (χ3n) is 2.92. The zero-order valence-corrected chi connectivity index (χ0v) is 8.69. The molecule has 0 unspecified atom stereocenters. The Hall–Kier alpha value is -1.08.